The van der Waals surface area contributed by atoms with Crippen LogP contribution in [0.15, 0.2) is 47.3 Å². The number of amides is 1. The second kappa shape index (κ2) is 9.62. The zero-order valence-corrected chi connectivity index (χ0v) is 18.3. The molecule has 7 nitrogen and oxygen atoms in total. The molecule has 2 aromatic carbocycles. The van der Waals surface area contributed by atoms with Gasteiger partial charge in [0.05, 0.1) is 16.0 Å². The standard InChI is InChI=1S/C22H19ClF3N3O4/c1-3-10-29-20(31)15-7-5-4-6-14(15)18(28-29)21(32)33-12(2)19(30)27-13-8-9-17(23)16(11-13)22(24,25)26/h4-9,11-12H,3,10H2,1-2H3,(H,27,30). The minimum Gasteiger partial charge on any atom is -0.448 e. The lowest BCUT2D eigenvalue weighted by atomic mass is 10.1. The van der Waals surface area contributed by atoms with Crippen LogP contribution in [-0.4, -0.2) is 27.8 Å². The first-order chi connectivity index (χ1) is 15.5. The number of hydrogen-bond acceptors (Lipinski definition) is 5. The van der Waals surface area contributed by atoms with Gasteiger partial charge in [0, 0.05) is 17.6 Å². The highest BCUT2D eigenvalue weighted by Crippen LogP contribution is 2.36. The minimum absolute atomic E-state index is 0.149. The van der Waals surface area contributed by atoms with Crippen molar-refractivity contribution in [3.63, 3.8) is 0 Å². The Morgan fingerprint density at radius 3 is 2.48 bits per heavy atom. The second-order valence-electron chi connectivity index (χ2n) is 7.15. The molecule has 0 aliphatic carbocycles. The Hall–Kier alpha value is -3.40. The van der Waals surface area contributed by atoms with Crippen molar-refractivity contribution in [1.29, 1.82) is 0 Å². The summed E-state index contributed by atoms with van der Waals surface area (Å²) in [7, 11) is 0. The van der Waals surface area contributed by atoms with Crippen molar-refractivity contribution in [1.82, 2.24) is 9.78 Å². The Balaban J connectivity index is 1.83. The van der Waals surface area contributed by atoms with E-state index in [1.165, 1.54) is 19.1 Å². The van der Waals surface area contributed by atoms with E-state index in [1.54, 1.807) is 18.2 Å². The second-order valence-corrected chi connectivity index (χ2v) is 7.56. The van der Waals surface area contributed by atoms with E-state index in [1.807, 2.05) is 6.92 Å². The smallest absolute Gasteiger partial charge is 0.417 e. The normalized spacial score (nSPS) is 12.4. The van der Waals surface area contributed by atoms with Gasteiger partial charge in [-0.1, -0.05) is 36.7 Å². The third-order valence-corrected chi connectivity index (χ3v) is 5.02. The summed E-state index contributed by atoms with van der Waals surface area (Å²) in [5.41, 5.74) is -1.79. The average molecular weight is 482 g/mol. The highest BCUT2D eigenvalue weighted by atomic mass is 35.5. The molecule has 11 heteroatoms. The Morgan fingerprint density at radius 2 is 1.85 bits per heavy atom. The molecule has 174 valence electrons. The predicted molar refractivity (Wildman–Crippen MR) is 116 cm³/mol. The molecule has 0 saturated carbocycles. The molecule has 0 aliphatic heterocycles. The number of aromatic nitrogens is 2. The monoisotopic (exact) mass is 481 g/mol. The molecule has 3 aromatic rings. The summed E-state index contributed by atoms with van der Waals surface area (Å²) in [5, 5.41) is 6.38. The van der Waals surface area contributed by atoms with E-state index in [0.717, 1.165) is 10.7 Å². The molecule has 1 unspecified atom stereocenters. The van der Waals surface area contributed by atoms with Gasteiger partial charge < -0.3 is 10.1 Å². The molecule has 3 rings (SSSR count). The van der Waals surface area contributed by atoms with Crippen LogP contribution in [0.25, 0.3) is 10.8 Å². The van der Waals surface area contributed by atoms with E-state index in [2.05, 4.69) is 10.4 Å². The molecule has 1 heterocycles. The van der Waals surface area contributed by atoms with Crippen LogP contribution in [0.2, 0.25) is 5.02 Å². The van der Waals surface area contributed by atoms with Crippen molar-refractivity contribution in [2.75, 3.05) is 5.32 Å². The molecule has 1 aromatic heterocycles. The fourth-order valence-corrected chi connectivity index (χ4v) is 3.31. The molecule has 0 fully saturated rings. The first-order valence-electron chi connectivity index (χ1n) is 9.91. The number of alkyl halides is 3. The van der Waals surface area contributed by atoms with Crippen LogP contribution in [0.5, 0.6) is 0 Å². The summed E-state index contributed by atoms with van der Waals surface area (Å²) in [5.74, 6) is -1.81. The molecule has 0 spiro atoms. The van der Waals surface area contributed by atoms with Crippen molar-refractivity contribution in [2.24, 2.45) is 0 Å². The van der Waals surface area contributed by atoms with Crippen molar-refractivity contribution in [3.8, 4) is 0 Å². The van der Waals surface area contributed by atoms with Gasteiger partial charge in [0.2, 0.25) is 0 Å². The van der Waals surface area contributed by atoms with E-state index >= 15 is 0 Å². The zero-order chi connectivity index (χ0) is 24.3. The Bertz CT molecular complexity index is 1270. The lowest BCUT2D eigenvalue weighted by molar-refractivity contribution is -0.137. The Morgan fingerprint density at radius 1 is 1.18 bits per heavy atom. The van der Waals surface area contributed by atoms with Crippen LogP contribution in [0.3, 0.4) is 0 Å². The maximum absolute atomic E-state index is 13.0. The first-order valence-corrected chi connectivity index (χ1v) is 10.3. The van der Waals surface area contributed by atoms with Crippen LogP contribution in [0, 0.1) is 0 Å². The predicted octanol–water partition coefficient (Wildman–Crippen LogP) is 4.66. The maximum atomic E-state index is 13.0. The van der Waals surface area contributed by atoms with Crippen molar-refractivity contribution in [2.45, 2.75) is 39.1 Å². The minimum atomic E-state index is -4.70. The molecule has 1 N–H and O–H groups in total. The van der Waals surface area contributed by atoms with Crippen LogP contribution in [0.1, 0.15) is 36.3 Å². The molecule has 0 saturated heterocycles. The third-order valence-electron chi connectivity index (χ3n) is 4.69. The molecular formula is C22H19ClF3N3O4. The largest absolute Gasteiger partial charge is 0.448 e. The Kier molecular flexibility index (Phi) is 7.06. The van der Waals surface area contributed by atoms with E-state index in [4.69, 9.17) is 16.3 Å². The maximum Gasteiger partial charge on any atom is 0.417 e. The van der Waals surface area contributed by atoms with Crippen molar-refractivity contribution < 1.29 is 27.5 Å². The number of fused-ring (bicyclic) bond motifs is 1. The number of rotatable bonds is 6. The summed E-state index contributed by atoms with van der Waals surface area (Å²) >= 11 is 5.58. The van der Waals surface area contributed by atoms with Gasteiger partial charge in [-0.05, 0) is 37.6 Å². The van der Waals surface area contributed by atoms with E-state index in [-0.39, 0.29) is 34.3 Å². The SMILES string of the molecule is CCCn1nc(C(=O)OC(C)C(=O)Nc2ccc(Cl)c(C(F)(F)F)c2)c2ccccc2c1=O. The molecular weight excluding hydrogens is 463 g/mol. The number of nitrogens with one attached hydrogen (secondary N) is 1. The van der Waals surface area contributed by atoms with Crippen LogP contribution >= 0.6 is 11.6 Å². The highest BCUT2D eigenvalue weighted by molar-refractivity contribution is 6.31. The molecule has 0 bridgehead atoms. The number of halogens is 4. The number of hydrogen-bond donors (Lipinski definition) is 1. The highest BCUT2D eigenvalue weighted by Gasteiger charge is 2.33. The average Bonchev–Trinajstić information content (AvgIpc) is 2.76. The number of carbonyl (C=O) groups excluding carboxylic acids is 2. The molecule has 33 heavy (non-hydrogen) atoms. The van der Waals surface area contributed by atoms with Gasteiger partial charge in [-0.15, -0.1) is 0 Å². The molecule has 0 aliphatic rings. The third kappa shape index (κ3) is 5.33. The van der Waals surface area contributed by atoms with Gasteiger partial charge in [-0.25, -0.2) is 9.48 Å². The number of benzene rings is 2. The summed E-state index contributed by atoms with van der Waals surface area (Å²) in [4.78, 5) is 37.8. The molecule has 1 atom stereocenters. The summed E-state index contributed by atoms with van der Waals surface area (Å²) < 4.78 is 45.4. The van der Waals surface area contributed by atoms with E-state index in [9.17, 15) is 27.6 Å². The van der Waals surface area contributed by atoms with Crippen LogP contribution < -0.4 is 10.9 Å². The Labute approximate surface area is 191 Å². The number of ether oxygens (including phenoxy) is 1. The van der Waals surface area contributed by atoms with E-state index < -0.39 is 34.7 Å². The van der Waals surface area contributed by atoms with E-state index in [0.29, 0.717) is 12.5 Å². The van der Waals surface area contributed by atoms with Gasteiger partial charge in [0.15, 0.2) is 11.8 Å². The summed E-state index contributed by atoms with van der Waals surface area (Å²) in [6, 6.07) is 9.24. The number of carbonyl (C=O) groups is 2. The van der Waals surface area contributed by atoms with Gasteiger partial charge in [0.1, 0.15) is 0 Å². The number of anilines is 1. The first kappa shape index (κ1) is 24.2. The van der Waals surface area contributed by atoms with Crippen LogP contribution in [0.4, 0.5) is 18.9 Å². The number of aryl methyl sites for hydroxylation is 1. The van der Waals surface area contributed by atoms with Crippen LogP contribution in [-0.2, 0) is 22.3 Å². The zero-order valence-electron chi connectivity index (χ0n) is 17.6. The fourth-order valence-electron chi connectivity index (χ4n) is 3.08. The summed E-state index contributed by atoms with van der Waals surface area (Å²) in [6.45, 7) is 3.38. The lowest BCUT2D eigenvalue weighted by Crippen LogP contribution is -2.32. The topological polar surface area (TPSA) is 90.3 Å². The van der Waals surface area contributed by atoms with Gasteiger partial charge in [0.25, 0.3) is 11.5 Å². The lowest BCUT2D eigenvalue weighted by Gasteiger charge is -2.16. The quantitative estimate of drug-likeness (QED) is 0.517. The van der Waals surface area contributed by atoms with Crippen molar-refractivity contribution >= 4 is 39.9 Å². The van der Waals surface area contributed by atoms with Crippen molar-refractivity contribution in [3.05, 3.63) is 69.1 Å². The van der Waals surface area contributed by atoms with Gasteiger partial charge in [-0.3, -0.25) is 9.59 Å². The number of esters is 1. The molecule has 0 radical (unpaired) electrons. The summed E-state index contributed by atoms with van der Waals surface area (Å²) in [6.07, 6.45) is -5.47. The van der Waals surface area contributed by atoms with Gasteiger partial charge >= 0.3 is 12.1 Å². The molecule has 1 amide bonds. The van der Waals surface area contributed by atoms with Gasteiger partial charge in [-0.2, -0.15) is 18.3 Å². The number of nitrogens with zero attached hydrogens (tertiary/aromatic N) is 2. The fraction of sp³-hybridized carbons (Fsp3) is 0.273.